The molecule has 0 aliphatic heterocycles. The Morgan fingerprint density at radius 3 is 0.821 bits per heavy atom. The van der Waals surface area contributed by atoms with E-state index in [0.29, 0.717) is 6.07 Å². The summed E-state index contributed by atoms with van der Waals surface area (Å²) < 4.78 is 510. The highest BCUT2D eigenvalue weighted by molar-refractivity contribution is 9.10. The largest absolute Gasteiger partial charge is 0.460 e. The van der Waals surface area contributed by atoms with Crippen molar-refractivity contribution in [2.75, 3.05) is 22.9 Å². The van der Waals surface area contributed by atoms with Crippen LogP contribution in [0.25, 0.3) is 0 Å². The van der Waals surface area contributed by atoms with E-state index >= 15 is 0 Å². The van der Waals surface area contributed by atoms with Crippen molar-refractivity contribution in [3.8, 4) is 11.5 Å². The number of nitrogen functional groups attached to an aromatic ring is 4. The minimum absolute atomic E-state index is 0.286. The summed E-state index contributed by atoms with van der Waals surface area (Å²) in [7, 11) is 0. The SMILES string of the molecule is Nc1cc(N)c(Br)c(OC(F)=C(F)C(F)(F)C(F)(F)C(F)(F)C(F)(F)C(F)(F)C(F)(F)C(F)(F)C(F)(F)F)c1.Nc1cc(N)c(Cl)c(OC(F)=C(F)C(F)(F)C(F)(F)C(F)(F)C(F)(F)C(F)(F)C(F)(F)C(F)(F)C(F)(F)F)c1. The average Bonchev–Trinajstić information content (AvgIpc) is 3.24. The molecule has 0 fully saturated rings. The molecule has 46 heteroatoms. The Hall–Kier alpha value is -5.17. The summed E-state index contributed by atoms with van der Waals surface area (Å²) in [6.45, 7) is 0. The second kappa shape index (κ2) is 20.4. The third-order valence-corrected chi connectivity index (χ3v) is 10.2. The monoisotopic (exact) mass is 1320 g/mol. The summed E-state index contributed by atoms with van der Waals surface area (Å²) in [6.07, 6.45) is -15.9. The standard InChI is InChI=1S/C16H6BrF19N2O.C16H6ClF19N2O/c2*17-6-4(38)1-3(37)2-5(6)39-8(19)7(18)9(20,21)10(22,23)11(24,25)12(26,27)13(28,29)14(30,31)15(32,33)16(34,35)36/h2*1-2H,37-38H2. The lowest BCUT2D eigenvalue weighted by Gasteiger charge is -2.42. The average molecular weight is 1320 g/mol. The van der Waals surface area contributed by atoms with Gasteiger partial charge in [-0.2, -0.15) is 167 Å². The number of allylic oxidation sites excluding steroid dienone is 2. The van der Waals surface area contributed by atoms with E-state index in [9.17, 15) is 167 Å². The predicted octanol–water partition coefficient (Wildman–Crippen LogP) is 16.1. The van der Waals surface area contributed by atoms with E-state index in [4.69, 9.17) is 34.5 Å². The molecule has 0 bridgehead atoms. The summed E-state index contributed by atoms with van der Waals surface area (Å²) in [5.74, 6) is -132. The molecule has 0 amide bonds. The fourth-order valence-corrected chi connectivity index (χ4v) is 5.02. The maximum Gasteiger partial charge on any atom is 0.460 e. The van der Waals surface area contributed by atoms with Crippen molar-refractivity contribution in [3.05, 3.63) is 57.4 Å². The Balaban J connectivity index is 0.000000780. The molecule has 0 aliphatic rings. The van der Waals surface area contributed by atoms with Crippen LogP contribution in [-0.4, -0.2) is 95.3 Å². The maximum absolute atomic E-state index is 13.8. The number of halogens is 40. The van der Waals surface area contributed by atoms with Gasteiger partial charge >= 0.3 is 107 Å². The van der Waals surface area contributed by atoms with E-state index < -0.39 is 163 Å². The molecule has 0 unspecified atom stereocenters. The third-order valence-electron chi connectivity index (χ3n) is 8.92. The van der Waals surface area contributed by atoms with Crippen molar-refractivity contribution < 1.29 is 176 Å². The smallest absolute Gasteiger partial charge is 0.428 e. The van der Waals surface area contributed by atoms with E-state index in [2.05, 4.69) is 25.4 Å². The van der Waals surface area contributed by atoms with E-state index in [1.54, 1.807) is 0 Å². The first-order valence-electron chi connectivity index (χ1n) is 17.3. The fourth-order valence-electron chi connectivity index (χ4n) is 4.56. The molecular formula is C32H12BrClF38N4O2. The number of ether oxygens (including phenoxy) is 2. The number of benzene rings is 2. The van der Waals surface area contributed by atoms with Crippen LogP contribution in [0.3, 0.4) is 0 Å². The van der Waals surface area contributed by atoms with Crippen LogP contribution in [0.1, 0.15) is 0 Å². The Morgan fingerprint density at radius 1 is 0.333 bits per heavy atom. The van der Waals surface area contributed by atoms with Crippen LogP contribution in [0.15, 0.2) is 52.4 Å². The molecular weight excluding hydrogens is 1310 g/mol. The van der Waals surface area contributed by atoms with Crippen LogP contribution in [0.5, 0.6) is 11.5 Å². The second-order valence-corrected chi connectivity index (χ2v) is 15.4. The zero-order valence-corrected chi connectivity index (χ0v) is 36.9. The molecule has 452 valence electrons. The molecule has 0 heterocycles. The minimum atomic E-state index is -8.96. The summed E-state index contributed by atoms with van der Waals surface area (Å²) in [5.41, 5.74) is 18.2. The van der Waals surface area contributed by atoms with Gasteiger partial charge in [-0.25, -0.2) is 0 Å². The molecule has 0 spiro atoms. The van der Waals surface area contributed by atoms with Gasteiger partial charge in [0.05, 0.1) is 15.8 Å². The van der Waals surface area contributed by atoms with Crippen LogP contribution >= 0.6 is 27.5 Å². The lowest BCUT2D eigenvalue weighted by molar-refractivity contribution is -0.460. The Bertz CT molecular complexity index is 2430. The molecule has 0 radical (unpaired) electrons. The van der Waals surface area contributed by atoms with Gasteiger partial charge in [-0.05, 0) is 28.1 Å². The van der Waals surface area contributed by atoms with Gasteiger partial charge in [-0.3, -0.25) is 0 Å². The maximum atomic E-state index is 13.8. The summed E-state index contributed by atoms with van der Waals surface area (Å²) in [4.78, 5) is 0. The summed E-state index contributed by atoms with van der Waals surface area (Å²) >= 11 is 7.79. The first-order valence-corrected chi connectivity index (χ1v) is 18.5. The molecule has 2 rings (SSSR count). The van der Waals surface area contributed by atoms with Crippen LogP contribution < -0.4 is 32.4 Å². The highest BCUT2D eigenvalue weighted by Gasteiger charge is 2.97. The molecule has 0 atom stereocenters. The van der Waals surface area contributed by atoms with E-state index in [-0.39, 0.29) is 6.07 Å². The van der Waals surface area contributed by atoms with E-state index in [1.807, 2.05) is 0 Å². The molecule has 0 saturated heterocycles. The van der Waals surface area contributed by atoms with Crippen molar-refractivity contribution in [2.24, 2.45) is 0 Å². The number of anilines is 4. The zero-order chi connectivity index (χ0) is 63.2. The topological polar surface area (TPSA) is 123 Å². The van der Waals surface area contributed by atoms with Gasteiger partial charge in [0.1, 0.15) is 10.8 Å². The van der Waals surface area contributed by atoms with Gasteiger partial charge < -0.3 is 32.4 Å². The van der Waals surface area contributed by atoms with E-state index in [0.717, 1.165) is 12.1 Å². The Morgan fingerprint density at radius 2 is 0.551 bits per heavy atom. The molecule has 0 aromatic heterocycles. The van der Waals surface area contributed by atoms with Gasteiger partial charge in [-0.15, -0.1) is 0 Å². The highest BCUT2D eigenvalue weighted by Crippen LogP contribution is 2.67. The van der Waals surface area contributed by atoms with Crippen LogP contribution in [0.4, 0.5) is 190 Å². The Labute approximate surface area is 413 Å². The highest BCUT2D eigenvalue weighted by atomic mass is 79.9. The van der Waals surface area contributed by atoms with Crippen molar-refractivity contribution in [3.63, 3.8) is 0 Å². The Kier molecular flexibility index (Phi) is 18.6. The fraction of sp³-hybridized carbons (Fsp3) is 0.500. The number of alkyl halides is 34. The van der Waals surface area contributed by atoms with Crippen LogP contribution in [0.2, 0.25) is 5.02 Å². The number of hydrogen-bond donors (Lipinski definition) is 4. The number of nitrogens with two attached hydrogens (primary N) is 4. The van der Waals surface area contributed by atoms with Crippen molar-refractivity contribution in [1.29, 1.82) is 0 Å². The molecule has 78 heavy (non-hydrogen) atoms. The molecule has 0 saturated carbocycles. The molecule has 0 aliphatic carbocycles. The lowest BCUT2D eigenvalue weighted by atomic mass is 9.88. The van der Waals surface area contributed by atoms with Crippen LogP contribution in [-0.2, 0) is 0 Å². The van der Waals surface area contributed by atoms with Crippen molar-refractivity contribution in [1.82, 2.24) is 0 Å². The molecule has 2 aromatic rings. The van der Waals surface area contributed by atoms with E-state index in [1.165, 1.54) is 0 Å². The van der Waals surface area contributed by atoms with Gasteiger partial charge in [0.25, 0.3) is 0 Å². The van der Waals surface area contributed by atoms with Gasteiger partial charge in [0.15, 0.2) is 5.75 Å². The quantitative estimate of drug-likeness (QED) is 0.0670. The van der Waals surface area contributed by atoms with Crippen molar-refractivity contribution >= 4 is 50.3 Å². The molecule has 6 nitrogen and oxygen atoms in total. The van der Waals surface area contributed by atoms with Gasteiger partial charge in [0.2, 0.25) is 11.7 Å². The summed E-state index contributed by atoms with van der Waals surface area (Å²) in [5, 5.41) is -1.06. The van der Waals surface area contributed by atoms with Gasteiger partial charge in [0, 0.05) is 23.5 Å². The van der Waals surface area contributed by atoms with Crippen LogP contribution in [0, 0.1) is 0 Å². The summed E-state index contributed by atoms with van der Waals surface area (Å²) in [6, 6.07) is -5.25. The predicted molar refractivity (Wildman–Crippen MR) is 184 cm³/mol. The molecule has 2 aromatic carbocycles. The third kappa shape index (κ3) is 10.6. The minimum Gasteiger partial charge on any atom is -0.428 e. The molecule has 8 N–H and O–H groups in total. The second-order valence-electron chi connectivity index (χ2n) is 14.3. The first-order chi connectivity index (χ1) is 33.7. The van der Waals surface area contributed by atoms with Gasteiger partial charge in [-0.1, -0.05) is 11.6 Å². The first kappa shape index (κ1) is 70.8. The number of rotatable bonds is 18. The van der Waals surface area contributed by atoms with Crippen molar-refractivity contribution in [2.45, 2.75) is 95.3 Å². The lowest BCUT2D eigenvalue weighted by Crippen LogP contribution is -2.74. The zero-order valence-electron chi connectivity index (χ0n) is 34.6. The number of hydrogen-bond acceptors (Lipinski definition) is 6. The normalized spacial score (nSPS) is 15.8.